The van der Waals surface area contributed by atoms with Crippen LogP contribution in [0.1, 0.15) is 0 Å². The molecule has 0 aliphatic carbocycles. The third-order valence-corrected chi connectivity index (χ3v) is 0. The third kappa shape index (κ3) is 359. The molecule has 0 N–H and O–H groups in total. The Morgan fingerprint density at radius 3 is 0.200 bits per heavy atom. The van der Waals surface area contributed by atoms with Gasteiger partial charge in [0.1, 0.15) is 0 Å². The molecular weight excluding hydrogens is 914 g/mol. The standard InChI is InChI=1S/3Al.3Hf.11N.3Ti/q3*+3;3*+4;11*-3;3*+4. The van der Waals surface area contributed by atoms with E-state index in [9.17, 15) is 0 Å². The van der Waals surface area contributed by atoms with Gasteiger partial charge in [-0.1, -0.05) is 0 Å². The van der Waals surface area contributed by atoms with Gasteiger partial charge in [-0.2, -0.15) is 0 Å². The van der Waals surface area contributed by atoms with Crippen LogP contribution >= 0.6 is 0 Å². The summed E-state index contributed by atoms with van der Waals surface area (Å²) in [7, 11) is 0. The number of rotatable bonds is 0. The topological polar surface area (TPSA) is 336 Å². The smallest absolute Gasteiger partial charge is 3.00 e. The van der Waals surface area contributed by atoms with Crippen LogP contribution in [0.3, 0.4) is 0 Å². The minimum atomic E-state index is 0. The first-order valence-corrected chi connectivity index (χ1v) is 0. The minimum Gasteiger partial charge on any atom is -3.00 e. The normalized spacial score (nSPS) is 0. The van der Waals surface area contributed by atoms with Crippen LogP contribution in [0.25, 0.3) is 67.7 Å². The second kappa shape index (κ2) is 408. The van der Waals surface area contributed by atoms with Gasteiger partial charge in [-0.15, -0.1) is 0 Å². The van der Waals surface area contributed by atoms with E-state index in [1.807, 2.05) is 0 Å². The molecule has 0 aromatic heterocycles. The molecule has 0 aliphatic heterocycles. The van der Waals surface area contributed by atoms with E-state index in [1.54, 1.807) is 0 Å². The predicted molar refractivity (Wildman–Crippen MR) is 54.2 cm³/mol. The SMILES string of the molecule is [Al+3].[Al+3].[Al+3].[Hf+4].[Hf+4].[Hf+4].[N-3].[N-3].[N-3].[N-3].[N-3].[N-3].[N-3].[N-3].[N-3].[N-3].[N-3].[Ti+4].[Ti+4].[Ti+4]. The molecule has 0 bridgehead atoms. The summed E-state index contributed by atoms with van der Waals surface area (Å²) < 4.78 is 0. The summed E-state index contributed by atoms with van der Waals surface area (Å²) in [6, 6.07) is 0. The molecule has 0 spiro atoms. The monoisotopic (exact) mass is 919 g/mol. The van der Waals surface area contributed by atoms with Gasteiger partial charge >= 0.3 is 195 Å². The zero-order chi connectivity index (χ0) is 0. The Hall–Kier alpha value is 5.91. The van der Waals surface area contributed by atoms with E-state index in [1.165, 1.54) is 0 Å². The zero-order valence-electron chi connectivity index (χ0n) is 9.65. The van der Waals surface area contributed by atoms with Crippen molar-refractivity contribution < 1.29 is 143 Å². The zero-order valence-corrected chi connectivity index (χ0v) is 28.6. The minimum absolute atomic E-state index is 0. The van der Waals surface area contributed by atoms with Crippen LogP contribution in [0.4, 0.5) is 0 Å². The first kappa shape index (κ1) is 460. The number of hydrogen-bond acceptors (Lipinski definition) is 0. The van der Waals surface area contributed by atoms with Crippen LogP contribution in [0.2, 0.25) is 0 Å². The van der Waals surface area contributed by atoms with Gasteiger partial charge in [0.15, 0.2) is 0 Å². The van der Waals surface area contributed by atoms with E-state index < -0.39 is 0 Å². The average Bonchev–Trinajstić information content (AvgIpc) is 0. The molecule has 0 rings (SSSR count). The molecule has 20 heteroatoms. The quantitative estimate of drug-likeness (QED) is 0.315. The van der Waals surface area contributed by atoms with Crippen LogP contribution in [0.5, 0.6) is 0 Å². The molecule has 0 atom stereocenters. The third-order valence-electron chi connectivity index (χ3n) is 0. The van der Waals surface area contributed by atoms with Crippen LogP contribution in [-0.4, -0.2) is 52.1 Å². The van der Waals surface area contributed by atoms with E-state index >= 15 is 0 Å². The second-order valence-electron chi connectivity index (χ2n) is 0. The Morgan fingerprint density at radius 1 is 0.200 bits per heavy atom. The molecule has 0 saturated carbocycles. The first-order chi connectivity index (χ1) is 0. The van der Waals surface area contributed by atoms with E-state index in [4.69, 9.17) is 0 Å². The average molecular weight is 914 g/mol. The summed E-state index contributed by atoms with van der Waals surface area (Å²) in [5, 5.41) is 0. The van der Waals surface area contributed by atoms with Crippen molar-refractivity contribution in [3.05, 3.63) is 67.7 Å². The molecular formula is Al3Hf3N11Ti3. The van der Waals surface area contributed by atoms with E-state index in [2.05, 4.69) is 0 Å². The van der Waals surface area contributed by atoms with Gasteiger partial charge in [0.25, 0.3) is 0 Å². The second-order valence-corrected chi connectivity index (χ2v) is 0. The fourth-order valence-electron chi connectivity index (χ4n) is 0. The summed E-state index contributed by atoms with van der Waals surface area (Å²) >= 11 is 0. The maximum Gasteiger partial charge on any atom is 4.00 e. The molecule has 0 radical (unpaired) electrons. The summed E-state index contributed by atoms with van der Waals surface area (Å²) in [5.41, 5.74) is 0. The maximum absolute atomic E-state index is 0. The molecule has 0 aromatic carbocycles. The van der Waals surface area contributed by atoms with E-state index in [0.29, 0.717) is 0 Å². The van der Waals surface area contributed by atoms with Gasteiger partial charge in [-0.25, -0.2) is 0 Å². The molecule has 0 fully saturated rings. The Morgan fingerprint density at radius 2 is 0.200 bits per heavy atom. The van der Waals surface area contributed by atoms with E-state index in [-0.39, 0.29) is 262 Å². The number of hydrogen-bond donors (Lipinski definition) is 0. The molecule has 20 heavy (non-hydrogen) atoms. The Balaban J connectivity index is 0. The van der Waals surface area contributed by atoms with Crippen molar-refractivity contribution in [2.75, 3.05) is 0 Å². The summed E-state index contributed by atoms with van der Waals surface area (Å²) in [6.07, 6.45) is 0. The number of nitrogens with zero attached hydrogens (tertiary/aromatic N) is 11. The Kier molecular flexibility index (Phi) is 9380. The van der Waals surface area contributed by atoms with Gasteiger partial charge < -0.3 is 67.7 Å². The van der Waals surface area contributed by atoms with Crippen molar-refractivity contribution in [2.45, 2.75) is 0 Å². The fraction of sp³-hybridized carbons (Fsp3) is 0. The van der Waals surface area contributed by atoms with Gasteiger partial charge in [-0.3, -0.25) is 0 Å². The van der Waals surface area contributed by atoms with Crippen LogP contribution < -0.4 is 0 Å². The van der Waals surface area contributed by atoms with Crippen molar-refractivity contribution in [3.63, 3.8) is 0 Å². The van der Waals surface area contributed by atoms with Gasteiger partial charge in [-0.05, 0) is 0 Å². The van der Waals surface area contributed by atoms with Crippen molar-refractivity contribution in [1.29, 1.82) is 0 Å². The van der Waals surface area contributed by atoms with Crippen LogP contribution in [-0.2, 0) is 143 Å². The van der Waals surface area contributed by atoms with Gasteiger partial charge in [0.2, 0.25) is 0 Å². The van der Waals surface area contributed by atoms with Crippen LogP contribution in [0, 0.1) is 0 Å². The summed E-state index contributed by atoms with van der Waals surface area (Å²) in [5.74, 6) is 0. The molecule has 0 unspecified atom stereocenters. The maximum atomic E-state index is 0. The Labute approximate surface area is 257 Å². The Bertz CT molecular complexity index is 34.1. The predicted octanol–water partition coefficient (Wildman–Crippen LogP) is 2.02. The molecule has 0 heterocycles. The molecule has 11 nitrogen and oxygen atoms in total. The molecule has 0 aromatic rings. The van der Waals surface area contributed by atoms with Gasteiger partial charge in [0.05, 0.1) is 0 Å². The molecule has 0 amide bonds. The van der Waals surface area contributed by atoms with Crippen LogP contribution in [0.15, 0.2) is 0 Å². The molecule has 88 valence electrons. The van der Waals surface area contributed by atoms with Crippen molar-refractivity contribution in [1.82, 2.24) is 0 Å². The largest absolute Gasteiger partial charge is 4.00 e. The summed E-state index contributed by atoms with van der Waals surface area (Å²) in [4.78, 5) is 0. The summed E-state index contributed by atoms with van der Waals surface area (Å²) in [6.45, 7) is 0. The first-order valence-electron chi connectivity index (χ1n) is 0. The molecule has 0 aliphatic rings. The van der Waals surface area contributed by atoms with E-state index in [0.717, 1.165) is 0 Å². The van der Waals surface area contributed by atoms with Crippen molar-refractivity contribution >= 4 is 52.1 Å². The van der Waals surface area contributed by atoms with Crippen molar-refractivity contribution in [3.8, 4) is 0 Å². The molecule has 0 saturated heterocycles. The fourth-order valence-corrected chi connectivity index (χ4v) is 0. The van der Waals surface area contributed by atoms with Gasteiger partial charge in [0, 0.05) is 0 Å². The van der Waals surface area contributed by atoms with Crippen molar-refractivity contribution in [2.24, 2.45) is 0 Å².